The molecule has 0 amide bonds. The number of anilines is 1. The minimum Gasteiger partial charge on any atom is -0.398 e. The summed E-state index contributed by atoms with van der Waals surface area (Å²) in [6, 6.07) is 10.2. The fourth-order valence-electron chi connectivity index (χ4n) is 1.44. The number of nitrogens with two attached hydrogens (primary N) is 1. The summed E-state index contributed by atoms with van der Waals surface area (Å²) in [6.07, 6.45) is 3.67. The quantitative estimate of drug-likeness (QED) is 0.649. The molecule has 0 atom stereocenters. The molecule has 2 nitrogen and oxygen atoms in total. The summed E-state index contributed by atoms with van der Waals surface area (Å²) >= 11 is 1.74. The summed E-state index contributed by atoms with van der Waals surface area (Å²) in [5.74, 6) is 0.904. The third-order valence-corrected chi connectivity index (χ3v) is 3.44. The molecule has 2 rings (SSSR count). The number of nitrogens with zero attached hydrogens (tertiary/aromatic N) is 1. The average Bonchev–Trinajstić information content (AvgIpc) is 2.29. The number of nitrogen functional groups attached to an aromatic ring is 1. The molecule has 0 aliphatic rings. The standard InChI is InChI=1S/C13H14N2S/c1-10-4-5-13(12(14)7-10)16-9-11-3-2-6-15-8-11/h2-8H,9,14H2,1H3. The fraction of sp³-hybridized carbons (Fsp3) is 0.154. The third kappa shape index (κ3) is 2.76. The number of pyridine rings is 1. The van der Waals surface area contributed by atoms with Gasteiger partial charge in [0, 0.05) is 28.7 Å². The Morgan fingerprint density at radius 3 is 2.88 bits per heavy atom. The smallest absolute Gasteiger partial charge is 0.0454 e. The molecule has 0 aliphatic carbocycles. The van der Waals surface area contributed by atoms with E-state index >= 15 is 0 Å². The van der Waals surface area contributed by atoms with Gasteiger partial charge in [0.15, 0.2) is 0 Å². The molecule has 0 unspecified atom stereocenters. The van der Waals surface area contributed by atoms with Crippen LogP contribution in [-0.4, -0.2) is 4.98 Å². The van der Waals surface area contributed by atoms with E-state index in [0.29, 0.717) is 0 Å². The lowest BCUT2D eigenvalue weighted by molar-refractivity contribution is 1.25. The van der Waals surface area contributed by atoms with E-state index in [1.165, 1.54) is 11.1 Å². The van der Waals surface area contributed by atoms with E-state index in [2.05, 4.69) is 23.2 Å². The normalized spacial score (nSPS) is 10.3. The van der Waals surface area contributed by atoms with E-state index < -0.39 is 0 Å². The van der Waals surface area contributed by atoms with Gasteiger partial charge in [0.2, 0.25) is 0 Å². The van der Waals surface area contributed by atoms with Crippen molar-refractivity contribution in [2.45, 2.75) is 17.6 Å². The number of rotatable bonds is 3. The van der Waals surface area contributed by atoms with Crippen molar-refractivity contribution < 1.29 is 0 Å². The summed E-state index contributed by atoms with van der Waals surface area (Å²) in [5, 5.41) is 0. The van der Waals surface area contributed by atoms with Crippen LogP contribution in [0.2, 0.25) is 0 Å². The van der Waals surface area contributed by atoms with Crippen LogP contribution in [0.25, 0.3) is 0 Å². The van der Waals surface area contributed by atoms with Crippen LogP contribution in [0, 0.1) is 6.92 Å². The summed E-state index contributed by atoms with van der Waals surface area (Å²) in [6.45, 7) is 2.05. The van der Waals surface area contributed by atoms with Crippen LogP contribution in [0.1, 0.15) is 11.1 Å². The van der Waals surface area contributed by atoms with Crippen LogP contribution in [0.3, 0.4) is 0 Å². The van der Waals surface area contributed by atoms with Gasteiger partial charge in [-0.05, 0) is 36.2 Å². The summed E-state index contributed by atoms with van der Waals surface area (Å²) in [4.78, 5) is 5.22. The van der Waals surface area contributed by atoms with Crippen LogP contribution in [0.5, 0.6) is 0 Å². The van der Waals surface area contributed by atoms with Crippen molar-refractivity contribution in [2.75, 3.05) is 5.73 Å². The molecule has 0 spiro atoms. The average molecular weight is 230 g/mol. The van der Waals surface area contributed by atoms with Gasteiger partial charge in [-0.3, -0.25) is 4.98 Å². The van der Waals surface area contributed by atoms with Gasteiger partial charge in [0.25, 0.3) is 0 Å². The Kier molecular flexibility index (Phi) is 3.47. The van der Waals surface area contributed by atoms with Crippen molar-refractivity contribution in [3.05, 3.63) is 53.9 Å². The number of hydrogen-bond donors (Lipinski definition) is 1. The number of benzene rings is 1. The molecule has 1 heterocycles. The maximum Gasteiger partial charge on any atom is 0.0454 e. The lowest BCUT2D eigenvalue weighted by Gasteiger charge is -2.06. The Morgan fingerprint density at radius 2 is 2.19 bits per heavy atom. The van der Waals surface area contributed by atoms with Gasteiger partial charge in [0.05, 0.1) is 0 Å². The highest BCUT2D eigenvalue weighted by atomic mass is 32.2. The second-order valence-corrected chi connectivity index (χ2v) is 4.71. The zero-order valence-corrected chi connectivity index (χ0v) is 10.00. The molecule has 0 aliphatic heterocycles. The maximum absolute atomic E-state index is 5.95. The highest BCUT2D eigenvalue weighted by Crippen LogP contribution is 2.28. The van der Waals surface area contributed by atoms with Crippen molar-refractivity contribution in [2.24, 2.45) is 0 Å². The lowest BCUT2D eigenvalue weighted by atomic mass is 10.2. The van der Waals surface area contributed by atoms with Gasteiger partial charge in [-0.15, -0.1) is 11.8 Å². The number of aryl methyl sites for hydroxylation is 1. The Hall–Kier alpha value is -1.48. The highest BCUT2D eigenvalue weighted by Gasteiger charge is 2.00. The van der Waals surface area contributed by atoms with Gasteiger partial charge in [-0.1, -0.05) is 12.1 Å². The van der Waals surface area contributed by atoms with E-state index in [-0.39, 0.29) is 0 Å². The molecule has 1 aromatic heterocycles. The van der Waals surface area contributed by atoms with Crippen LogP contribution in [0.15, 0.2) is 47.6 Å². The van der Waals surface area contributed by atoms with E-state index in [1.54, 1.807) is 18.0 Å². The molecule has 0 fully saturated rings. The molecule has 2 aromatic rings. The van der Waals surface area contributed by atoms with Gasteiger partial charge < -0.3 is 5.73 Å². The molecule has 82 valence electrons. The first-order valence-electron chi connectivity index (χ1n) is 5.13. The molecule has 1 aromatic carbocycles. The summed E-state index contributed by atoms with van der Waals surface area (Å²) < 4.78 is 0. The largest absolute Gasteiger partial charge is 0.398 e. The molecule has 16 heavy (non-hydrogen) atoms. The first-order valence-corrected chi connectivity index (χ1v) is 6.12. The Balaban J connectivity index is 2.05. The molecule has 3 heteroatoms. The van der Waals surface area contributed by atoms with Crippen LogP contribution < -0.4 is 5.73 Å². The Morgan fingerprint density at radius 1 is 1.31 bits per heavy atom. The SMILES string of the molecule is Cc1ccc(SCc2cccnc2)c(N)c1. The van der Waals surface area contributed by atoms with E-state index in [1.807, 2.05) is 25.3 Å². The summed E-state index contributed by atoms with van der Waals surface area (Å²) in [7, 11) is 0. The van der Waals surface area contributed by atoms with Crippen LogP contribution >= 0.6 is 11.8 Å². The summed E-state index contributed by atoms with van der Waals surface area (Å²) in [5.41, 5.74) is 9.22. The predicted molar refractivity (Wildman–Crippen MR) is 69.4 cm³/mol. The van der Waals surface area contributed by atoms with Crippen LogP contribution in [0.4, 0.5) is 5.69 Å². The number of thioether (sulfide) groups is 1. The second-order valence-electron chi connectivity index (χ2n) is 3.69. The Bertz CT molecular complexity index is 469. The molecule has 0 bridgehead atoms. The van der Waals surface area contributed by atoms with E-state index in [0.717, 1.165) is 16.3 Å². The van der Waals surface area contributed by atoms with Gasteiger partial charge in [-0.25, -0.2) is 0 Å². The second kappa shape index (κ2) is 5.03. The minimum atomic E-state index is 0.855. The molecular formula is C13H14N2S. The van der Waals surface area contributed by atoms with Crippen molar-refractivity contribution in [3.63, 3.8) is 0 Å². The Labute approximate surface area is 99.9 Å². The van der Waals surface area contributed by atoms with Crippen molar-refractivity contribution >= 4 is 17.4 Å². The predicted octanol–water partition coefficient (Wildman–Crippen LogP) is 3.26. The van der Waals surface area contributed by atoms with E-state index in [9.17, 15) is 0 Å². The van der Waals surface area contributed by atoms with Gasteiger partial charge >= 0.3 is 0 Å². The zero-order chi connectivity index (χ0) is 11.4. The highest BCUT2D eigenvalue weighted by molar-refractivity contribution is 7.98. The first kappa shape index (κ1) is 11.0. The fourth-order valence-corrected chi connectivity index (χ4v) is 2.33. The number of hydrogen-bond acceptors (Lipinski definition) is 3. The van der Waals surface area contributed by atoms with E-state index in [4.69, 9.17) is 5.73 Å². The molecule has 0 radical (unpaired) electrons. The molecule has 0 saturated heterocycles. The van der Waals surface area contributed by atoms with Crippen molar-refractivity contribution in [1.29, 1.82) is 0 Å². The maximum atomic E-state index is 5.95. The van der Waals surface area contributed by atoms with Crippen molar-refractivity contribution in [3.8, 4) is 0 Å². The van der Waals surface area contributed by atoms with Gasteiger partial charge in [-0.2, -0.15) is 0 Å². The van der Waals surface area contributed by atoms with Gasteiger partial charge in [0.1, 0.15) is 0 Å². The molecule has 2 N–H and O–H groups in total. The third-order valence-electron chi connectivity index (χ3n) is 2.28. The first-order chi connectivity index (χ1) is 7.75. The topological polar surface area (TPSA) is 38.9 Å². The minimum absolute atomic E-state index is 0.855. The van der Waals surface area contributed by atoms with Crippen LogP contribution in [-0.2, 0) is 5.75 Å². The van der Waals surface area contributed by atoms with Crippen molar-refractivity contribution in [1.82, 2.24) is 4.98 Å². The lowest BCUT2D eigenvalue weighted by Crippen LogP contribution is -1.90. The zero-order valence-electron chi connectivity index (χ0n) is 9.18. The molecule has 0 saturated carbocycles. The monoisotopic (exact) mass is 230 g/mol. The number of aromatic nitrogens is 1. The molecular weight excluding hydrogens is 216 g/mol.